The van der Waals surface area contributed by atoms with Gasteiger partial charge in [-0.05, 0) is 132 Å². The van der Waals surface area contributed by atoms with Gasteiger partial charge >= 0.3 is 0 Å². The molecular formula is C62H53N3O2. The minimum atomic E-state index is 0.231. The van der Waals surface area contributed by atoms with Gasteiger partial charge in [-0.15, -0.1) is 0 Å². The highest BCUT2D eigenvalue weighted by atomic mass is 16.3. The Labute approximate surface area is 394 Å². The SMILES string of the molecule is Cc1cnc(-c2cc(-c3ccc(C(C)C)o3)cc(N(c3cc(-c4cc(-c5ccccc5)c(C)cn4)cc(-c4ccc(C(C)C)o4)c3)c3ccccc3-c3ccccc3)c2)cc1-c1ccccc1. The number of anilines is 3. The van der Waals surface area contributed by atoms with Gasteiger partial charge in [0.15, 0.2) is 0 Å². The Bertz CT molecular complexity index is 3140. The lowest BCUT2D eigenvalue weighted by Gasteiger charge is -2.29. The summed E-state index contributed by atoms with van der Waals surface area (Å²) in [6.45, 7) is 12.9. The fourth-order valence-corrected chi connectivity index (χ4v) is 8.88. The molecule has 67 heavy (non-hydrogen) atoms. The lowest BCUT2D eigenvalue weighted by Crippen LogP contribution is -2.12. The van der Waals surface area contributed by atoms with E-state index in [1.807, 2.05) is 12.4 Å². The summed E-state index contributed by atoms with van der Waals surface area (Å²) in [5, 5.41) is 0. The van der Waals surface area contributed by atoms with Crippen molar-refractivity contribution in [1.82, 2.24) is 9.97 Å². The van der Waals surface area contributed by atoms with Gasteiger partial charge < -0.3 is 13.7 Å². The summed E-state index contributed by atoms with van der Waals surface area (Å²) in [6.07, 6.45) is 3.97. The van der Waals surface area contributed by atoms with E-state index in [1.54, 1.807) is 0 Å². The van der Waals surface area contributed by atoms with Crippen molar-refractivity contribution in [3.63, 3.8) is 0 Å². The topological polar surface area (TPSA) is 55.3 Å². The third-order valence-corrected chi connectivity index (χ3v) is 12.5. The molecule has 0 atom stereocenters. The Morgan fingerprint density at radius 3 is 1.18 bits per heavy atom. The number of furan rings is 2. The lowest BCUT2D eigenvalue weighted by molar-refractivity contribution is 0.498. The Kier molecular flexibility index (Phi) is 11.8. The van der Waals surface area contributed by atoms with Gasteiger partial charge in [0.25, 0.3) is 0 Å². The maximum atomic E-state index is 6.65. The number of rotatable bonds is 12. The molecule has 0 N–H and O–H groups in total. The van der Waals surface area contributed by atoms with E-state index in [4.69, 9.17) is 18.8 Å². The maximum absolute atomic E-state index is 6.65. The molecule has 0 radical (unpaired) electrons. The number of aromatic nitrogens is 2. The zero-order chi connectivity index (χ0) is 46.0. The summed E-state index contributed by atoms with van der Waals surface area (Å²) in [5.74, 6) is 3.92. The van der Waals surface area contributed by atoms with Crippen LogP contribution in [0.5, 0.6) is 0 Å². The highest BCUT2D eigenvalue weighted by Crippen LogP contribution is 2.46. The molecule has 0 aliphatic heterocycles. The van der Waals surface area contributed by atoms with Crippen molar-refractivity contribution in [3.05, 3.63) is 223 Å². The van der Waals surface area contributed by atoms with E-state index in [0.717, 1.165) is 118 Å². The van der Waals surface area contributed by atoms with Crippen LogP contribution in [0.2, 0.25) is 0 Å². The first-order chi connectivity index (χ1) is 32.7. The molecule has 0 bridgehead atoms. The first-order valence-corrected chi connectivity index (χ1v) is 23.2. The maximum Gasteiger partial charge on any atom is 0.134 e. The van der Waals surface area contributed by atoms with E-state index in [1.165, 1.54) is 0 Å². The Hall–Kier alpha value is -8.02. The number of hydrogen-bond donors (Lipinski definition) is 0. The van der Waals surface area contributed by atoms with Gasteiger partial charge in [0, 0.05) is 63.4 Å². The molecule has 328 valence electrons. The number of hydrogen-bond acceptors (Lipinski definition) is 5. The number of aryl methyl sites for hydroxylation is 2. The number of nitrogens with zero attached hydrogens (tertiary/aromatic N) is 3. The van der Waals surface area contributed by atoms with Crippen LogP contribution in [0.4, 0.5) is 17.1 Å². The van der Waals surface area contributed by atoms with Gasteiger partial charge in [0.2, 0.25) is 0 Å². The van der Waals surface area contributed by atoms with E-state index in [2.05, 4.69) is 234 Å². The quantitative estimate of drug-likeness (QED) is 0.122. The Morgan fingerprint density at radius 2 is 0.761 bits per heavy atom. The molecule has 0 aliphatic rings. The second kappa shape index (κ2) is 18.5. The molecular weight excluding hydrogens is 819 g/mol. The molecule has 5 heteroatoms. The standard InChI is InChI=1S/C62H53N3O2/c1-40(2)59-26-28-61(66-59)49-30-47(56-36-54(42(5)38-63-56)45-20-12-8-13-21-45)32-51(34-49)65(58-25-17-16-24-53(58)44-18-10-7-11-19-44)52-33-48(31-50(35-52)62-29-27-60(67-62)41(3)4)57-37-55(43(6)39-64-57)46-22-14-9-15-23-46/h7-41H,1-6H3. The molecule has 10 rings (SSSR count). The van der Waals surface area contributed by atoms with Gasteiger partial charge in [-0.2, -0.15) is 0 Å². The molecule has 5 nitrogen and oxygen atoms in total. The predicted molar refractivity (Wildman–Crippen MR) is 277 cm³/mol. The highest BCUT2D eigenvalue weighted by molar-refractivity contribution is 5.93. The van der Waals surface area contributed by atoms with Crippen LogP contribution in [0.1, 0.15) is 62.2 Å². The Balaban J connectivity index is 1.26. The lowest BCUT2D eigenvalue weighted by atomic mass is 9.96. The molecule has 4 heterocycles. The van der Waals surface area contributed by atoms with E-state index < -0.39 is 0 Å². The average molecular weight is 872 g/mol. The van der Waals surface area contributed by atoms with Crippen LogP contribution in [0, 0.1) is 13.8 Å². The third-order valence-electron chi connectivity index (χ3n) is 12.5. The summed E-state index contributed by atoms with van der Waals surface area (Å²) in [4.78, 5) is 12.6. The van der Waals surface area contributed by atoms with Crippen molar-refractivity contribution >= 4 is 17.1 Å². The summed E-state index contributed by atoms with van der Waals surface area (Å²) >= 11 is 0. The van der Waals surface area contributed by atoms with Crippen LogP contribution in [0.15, 0.2) is 209 Å². The molecule has 0 amide bonds. The fraction of sp³-hybridized carbons (Fsp3) is 0.129. The monoisotopic (exact) mass is 871 g/mol. The summed E-state index contributed by atoms with van der Waals surface area (Å²) in [7, 11) is 0. The molecule has 0 unspecified atom stereocenters. The molecule has 0 spiro atoms. The smallest absolute Gasteiger partial charge is 0.134 e. The number of benzene rings is 6. The molecule has 0 saturated carbocycles. The van der Waals surface area contributed by atoms with Crippen LogP contribution < -0.4 is 4.90 Å². The van der Waals surface area contributed by atoms with Crippen LogP contribution in [0.25, 0.3) is 78.5 Å². The molecule has 4 aromatic heterocycles. The average Bonchev–Trinajstić information content (AvgIpc) is 4.08. The van der Waals surface area contributed by atoms with Crippen molar-refractivity contribution in [2.24, 2.45) is 0 Å². The normalized spacial score (nSPS) is 11.4. The van der Waals surface area contributed by atoms with Crippen LogP contribution in [-0.2, 0) is 0 Å². The van der Waals surface area contributed by atoms with E-state index >= 15 is 0 Å². The van der Waals surface area contributed by atoms with Gasteiger partial charge in [-0.25, -0.2) is 0 Å². The van der Waals surface area contributed by atoms with Gasteiger partial charge in [0.05, 0.1) is 17.1 Å². The second-order valence-electron chi connectivity index (χ2n) is 18.0. The zero-order valence-corrected chi connectivity index (χ0v) is 38.9. The largest absolute Gasteiger partial charge is 0.461 e. The minimum absolute atomic E-state index is 0.231. The molecule has 0 saturated heterocycles. The molecule has 6 aromatic carbocycles. The van der Waals surface area contributed by atoms with Gasteiger partial charge in [0.1, 0.15) is 23.0 Å². The minimum Gasteiger partial charge on any atom is -0.461 e. The second-order valence-corrected chi connectivity index (χ2v) is 18.0. The fourth-order valence-electron chi connectivity index (χ4n) is 8.88. The molecule has 0 aliphatic carbocycles. The van der Waals surface area contributed by atoms with Crippen LogP contribution in [0.3, 0.4) is 0 Å². The zero-order valence-electron chi connectivity index (χ0n) is 38.9. The van der Waals surface area contributed by atoms with Crippen molar-refractivity contribution in [2.75, 3.05) is 4.90 Å². The molecule has 0 fully saturated rings. The highest BCUT2D eigenvalue weighted by Gasteiger charge is 2.23. The first-order valence-electron chi connectivity index (χ1n) is 23.2. The number of pyridine rings is 2. The first kappa shape index (κ1) is 42.9. The van der Waals surface area contributed by atoms with E-state index in [9.17, 15) is 0 Å². The van der Waals surface area contributed by atoms with Gasteiger partial charge in [-0.3, -0.25) is 9.97 Å². The van der Waals surface area contributed by atoms with Crippen molar-refractivity contribution in [3.8, 4) is 78.5 Å². The summed E-state index contributed by atoms with van der Waals surface area (Å²) in [5.41, 5.74) is 17.4. The predicted octanol–water partition coefficient (Wildman–Crippen LogP) is 17.7. The van der Waals surface area contributed by atoms with E-state index in [-0.39, 0.29) is 11.8 Å². The third kappa shape index (κ3) is 8.89. The van der Waals surface area contributed by atoms with Crippen molar-refractivity contribution in [2.45, 2.75) is 53.4 Å². The van der Waals surface area contributed by atoms with E-state index in [0.29, 0.717) is 0 Å². The molecule has 10 aromatic rings. The Morgan fingerprint density at radius 1 is 0.373 bits per heavy atom. The number of para-hydroxylation sites is 1. The van der Waals surface area contributed by atoms with Crippen molar-refractivity contribution < 1.29 is 8.83 Å². The summed E-state index contributed by atoms with van der Waals surface area (Å²) < 4.78 is 13.3. The van der Waals surface area contributed by atoms with Crippen LogP contribution in [-0.4, -0.2) is 9.97 Å². The van der Waals surface area contributed by atoms with Crippen LogP contribution >= 0.6 is 0 Å². The van der Waals surface area contributed by atoms with Gasteiger partial charge in [-0.1, -0.05) is 137 Å². The summed E-state index contributed by atoms with van der Waals surface area (Å²) in [6, 6.07) is 66.6. The van der Waals surface area contributed by atoms with Crippen molar-refractivity contribution in [1.29, 1.82) is 0 Å².